The van der Waals surface area contributed by atoms with Gasteiger partial charge in [-0.2, -0.15) is 5.10 Å². The average molecular weight is 213 g/mol. The third-order valence-electron chi connectivity index (χ3n) is 2.23. The Hall–Kier alpha value is -2.26. The summed E-state index contributed by atoms with van der Waals surface area (Å²) in [7, 11) is 0. The summed E-state index contributed by atoms with van der Waals surface area (Å²) >= 11 is 0. The number of nitrogens with one attached hydrogen (secondary N) is 1. The van der Waals surface area contributed by atoms with E-state index in [4.69, 9.17) is 5.53 Å². The molecule has 2 rings (SSSR count). The van der Waals surface area contributed by atoms with E-state index in [0.29, 0.717) is 6.54 Å². The monoisotopic (exact) mass is 213 g/mol. The first-order valence-corrected chi connectivity index (χ1v) is 5.02. The SMILES string of the molecule is [N-]=[N+]=NCCC=Cc1[nH]nc2ccccc12. The number of H-pyrrole nitrogens is 1. The number of azide groups is 1. The van der Waals surface area contributed by atoms with Gasteiger partial charge in [0.25, 0.3) is 0 Å². The van der Waals surface area contributed by atoms with Gasteiger partial charge in [-0.05, 0) is 24.1 Å². The van der Waals surface area contributed by atoms with Crippen LogP contribution in [0.4, 0.5) is 0 Å². The van der Waals surface area contributed by atoms with Crippen molar-refractivity contribution >= 4 is 17.0 Å². The van der Waals surface area contributed by atoms with Gasteiger partial charge in [0.05, 0.1) is 11.2 Å². The van der Waals surface area contributed by atoms with Gasteiger partial charge >= 0.3 is 0 Å². The van der Waals surface area contributed by atoms with Gasteiger partial charge < -0.3 is 0 Å². The molecule has 0 saturated carbocycles. The highest BCUT2D eigenvalue weighted by Gasteiger charge is 1.99. The van der Waals surface area contributed by atoms with Crippen LogP contribution in [0.2, 0.25) is 0 Å². The standard InChI is InChI=1S/C11H11N5/c12-16-13-8-4-3-7-11-9-5-1-2-6-10(9)14-15-11/h1-3,5-7H,4,8H2,(H,14,15). The summed E-state index contributed by atoms with van der Waals surface area (Å²) in [5.41, 5.74) is 10.0. The van der Waals surface area contributed by atoms with Gasteiger partial charge in [-0.25, -0.2) is 0 Å². The number of hydrogen-bond donors (Lipinski definition) is 1. The first-order chi connectivity index (χ1) is 7.92. The highest BCUT2D eigenvalue weighted by molar-refractivity contribution is 5.86. The van der Waals surface area contributed by atoms with Crippen molar-refractivity contribution in [2.75, 3.05) is 6.54 Å². The summed E-state index contributed by atoms with van der Waals surface area (Å²) in [6.07, 6.45) is 4.66. The fourth-order valence-electron chi connectivity index (χ4n) is 1.48. The maximum absolute atomic E-state index is 8.11. The molecule has 0 amide bonds. The number of aromatic nitrogens is 2. The summed E-state index contributed by atoms with van der Waals surface area (Å²) in [5, 5.41) is 11.7. The van der Waals surface area contributed by atoms with Gasteiger partial charge in [-0.3, -0.25) is 5.10 Å². The first kappa shape index (κ1) is 10.3. The Morgan fingerprint density at radius 3 is 3.19 bits per heavy atom. The van der Waals surface area contributed by atoms with E-state index in [0.717, 1.165) is 23.0 Å². The van der Waals surface area contributed by atoms with Crippen LogP contribution in [-0.2, 0) is 0 Å². The average Bonchev–Trinajstić information content (AvgIpc) is 2.73. The molecule has 0 aliphatic carbocycles. The molecule has 5 heteroatoms. The van der Waals surface area contributed by atoms with E-state index in [1.807, 2.05) is 36.4 Å². The zero-order valence-corrected chi connectivity index (χ0v) is 8.67. The number of benzene rings is 1. The summed E-state index contributed by atoms with van der Waals surface area (Å²) in [6, 6.07) is 7.92. The lowest BCUT2D eigenvalue weighted by molar-refractivity contribution is 0.994. The number of fused-ring (bicyclic) bond motifs is 1. The van der Waals surface area contributed by atoms with E-state index in [1.54, 1.807) is 0 Å². The molecule has 5 nitrogen and oxygen atoms in total. The lowest BCUT2D eigenvalue weighted by atomic mass is 10.2. The normalized spacial score (nSPS) is 10.8. The zero-order chi connectivity index (χ0) is 11.2. The van der Waals surface area contributed by atoms with Gasteiger partial charge in [0.2, 0.25) is 0 Å². The van der Waals surface area contributed by atoms with E-state index in [2.05, 4.69) is 20.2 Å². The largest absolute Gasteiger partial charge is 0.277 e. The van der Waals surface area contributed by atoms with Gasteiger partial charge in [0, 0.05) is 16.8 Å². The predicted octanol–water partition coefficient (Wildman–Crippen LogP) is 3.28. The van der Waals surface area contributed by atoms with Crippen LogP contribution in [0.25, 0.3) is 27.4 Å². The van der Waals surface area contributed by atoms with Crippen LogP contribution < -0.4 is 0 Å². The molecule has 1 heterocycles. The summed E-state index contributed by atoms with van der Waals surface area (Å²) in [5.74, 6) is 0. The van der Waals surface area contributed by atoms with Crippen molar-refractivity contribution < 1.29 is 0 Å². The van der Waals surface area contributed by atoms with E-state index < -0.39 is 0 Å². The molecular formula is C11H11N5. The molecule has 0 fully saturated rings. The highest BCUT2D eigenvalue weighted by Crippen LogP contribution is 2.16. The minimum Gasteiger partial charge on any atom is -0.277 e. The van der Waals surface area contributed by atoms with Crippen molar-refractivity contribution in [2.45, 2.75) is 6.42 Å². The molecule has 0 spiro atoms. The molecule has 0 aliphatic rings. The fraction of sp³-hybridized carbons (Fsp3) is 0.182. The minimum absolute atomic E-state index is 0.485. The fourth-order valence-corrected chi connectivity index (χ4v) is 1.48. The van der Waals surface area contributed by atoms with Crippen LogP contribution in [0.15, 0.2) is 35.5 Å². The molecule has 0 aliphatic heterocycles. The Labute approximate surface area is 92.4 Å². The molecule has 1 aromatic carbocycles. The molecule has 1 N–H and O–H groups in total. The van der Waals surface area contributed by atoms with E-state index >= 15 is 0 Å². The quantitative estimate of drug-likeness (QED) is 0.359. The van der Waals surface area contributed by atoms with Crippen LogP contribution >= 0.6 is 0 Å². The van der Waals surface area contributed by atoms with Crippen molar-refractivity contribution in [3.8, 4) is 0 Å². The number of para-hydroxylation sites is 1. The Balaban J connectivity index is 2.12. The molecule has 1 aromatic heterocycles. The molecule has 0 unspecified atom stereocenters. The van der Waals surface area contributed by atoms with Crippen LogP contribution in [0, 0.1) is 0 Å². The molecule has 0 atom stereocenters. The Morgan fingerprint density at radius 2 is 2.31 bits per heavy atom. The lowest BCUT2D eigenvalue weighted by Gasteiger charge is -1.89. The third kappa shape index (κ3) is 2.21. The van der Waals surface area contributed by atoms with E-state index in [-0.39, 0.29) is 0 Å². The summed E-state index contributed by atoms with van der Waals surface area (Å²) in [6.45, 7) is 0.485. The minimum atomic E-state index is 0.485. The van der Waals surface area contributed by atoms with Crippen molar-refractivity contribution in [1.82, 2.24) is 10.2 Å². The smallest absolute Gasteiger partial charge is 0.0927 e. The number of hydrogen-bond acceptors (Lipinski definition) is 2. The number of aromatic amines is 1. The van der Waals surface area contributed by atoms with E-state index in [9.17, 15) is 0 Å². The maximum atomic E-state index is 8.11. The lowest BCUT2D eigenvalue weighted by Crippen LogP contribution is -1.75. The molecular weight excluding hydrogens is 202 g/mol. The second kappa shape index (κ2) is 5.00. The van der Waals surface area contributed by atoms with Crippen molar-refractivity contribution in [3.05, 3.63) is 46.5 Å². The van der Waals surface area contributed by atoms with Gasteiger partial charge in [0.15, 0.2) is 0 Å². The van der Waals surface area contributed by atoms with Crippen LogP contribution in [-0.4, -0.2) is 16.7 Å². The summed E-state index contributed by atoms with van der Waals surface area (Å²) in [4.78, 5) is 2.69. The van der Waals surface area contributed by atoms with Crippen molar-refractivity contribution in [3.63, 3.8) is 0 Å². The third-order valence-corrected chi connectivity index (χ3v) is 2.23. The van der Waals surface area contributed by atoms with Gasteiger partial charge in [-0.15, -0.1) is 0 Å². The molecule has 0 radical (unpaired) electrons. The Bertz CT molecular complexity index is 548. The first-order valence-electron chi connectivity index (χ1n) is 5.02. The molecule has 16 heavy (non-hydrogen) atoms. The van der Waals surface area contributed by atoms with Gasteiger partial charge in [-0.1, -0.05) is 29.4 Å². The predicted molar refractivity (Wildman–Crippen MR) is 63.8 cm³/mol. The zero-order valence-electron chi connectivity index (χ0n) is 8.67. The molecule has 0 saturated heterocycles. The molecule has 80 valence electrons. The van der Waals surface area contributed by atoms with Crippen molar-refractivity contribution in [1.29, 1.82) is 0 Å². The highest BCUT2D eigenvalue weighted by atomic mass is 15.1. The molecule has 2 aromatic rings. The second-order valence-corrected chi connectivity index (χ2v) is 3.30. The van der Waals surface area contributed by atoms with Crippen LogP contribution in [0.1, 0.15) is 12.1 Å². The Morgan fingerprint density at radius 1 is 1.44 bits per heavy atom. The maximum Gasteiger partial charge on any atom is 0.0927 e. The summed E-state index contributed by atoms with van der Waals surface area (Å²) < 4.78 is 0. The van der Waals surface area contributed by atoms with Crippen molar-refractivity contribution in [2.24, 2.45) is 5.11 Å². The van der Waals surface area contributed by atoms with Crippen LogP contribution in [0.5, 0.6) is 0 Å². The topological polar surface area (TPSA) is 77.4 Å². The number of nitrogens with zero attached hydrogens (tertiary/aromatic N) is 4. The number of rotatable bonds is 4. The molecule has 0 bridgehead atoms. The second-order valence-electron chi connectivity index (χ2n) is 3.30. The van der Waals surface area contributed by atoms with E-state index in [1.165, 1.54) is 0 Å². The Kier molecular flexibility index (Phi) is 3.21. The van der Waals surface area contributed by atoms with Crippen LogP contribution in [0.3, 0.4) is 0 Å². The van der Waals surface area contributed by atoms with Gasteiger partial charge in [0.1, 0.15) is 0 Å².